The maximum atomic E-state index is 11.6. The summed E-state index contributed by atoms with van der Waals surface area (Å²) in [6.07, 6.45) is 5.97. The predicted octanol–water partition coefficient (Wildman–Crippen LogP) is 0.583. The monoisotopic (exact) mass is 289 g/mol. The van der Waals surface area contributed by atoms with Crippen LogP contribution in [-0.2, 0) is 9.59 Å². The highest BCUT2D eigenvalue weighted by Crippen LogP contribution is 2.18. The quantitative estimate of drug-likeness (QED) is 0.670. The lowest BCUT2D eigenvalue weighted by molar-refractivity contribution is -0.126. The van der Waals surface area contributed by atoms with Crippen LogP contribution in [0.5, 0.6) is 0 Å². The molecule has 19 heavy (non-hydrogen) atoms. The van der Waals surface area contributed by atoms with Crippen LogP contribution >= 0.6 is 12.4 Å². The summed E-state index contributed by atoms with van der Waals surface area (Å²) in [6, 6.07) is 0.365. The van der Waals surface area contributed by atoms with Gasteiger partial charge in [-0.05, 0) is 51.1 Å². The van der Waals surface area contributed by atoms with Crippen LogP contribution < -0.4 is 16.0 Å². The second-order valence-electron chi connectivity index (χ2n) is 5.35. The van der Waals surface area contributed by atoms with E-state index < -0.39 is 0 Å². The van der Waals surface area contributed by atoms with E-state index in [2.05, 4.69) is 16.0 Å². The first-order chi connectivity index (χ1) is 8.74. The molecule has 1 saturated carbocycles. The minimum atomic E-state index is -0.0623. The summed E-state index contributed by atoms with van der Waals surface area (Å²) >= 11 is 0. The van der Waals surface area contributed by atoms with Gasteiger partial charge in [-0.25, -0.2) is 0 Å². The molecule has 110 valence electrons. The van der Waals surface area contributed by atoms with Gasteiger partial charge in [-0.3, -0.25) is 9.59 Å². The van der Waals surface area contributed by atoms with Crippen molar-refractivity contribution in [3.8, 4) is 0 Å². The fraction of sp³-hybridized carbons (Fsp3) is 0.846. The smallest absolute Gasteiger partial charge is 0.239 e. The topological polar surface area (TPSA) is 70.2 Å². The van der Waals surface area contributed by atoms with Crippen LogP contribution in [0.4, 0.5) is 0 Å². The molecule has 0 atom stereocenters. The number of amides is 2. The summed E-state index contributed by atoms with van der Waals surface area (Å²) in [6.45, 7) is 2.26. The number of rotatable bonds is 6. The zero-order valence-corrected chi connectivity index (χ0v) is 12.1. The molecule has 1 aliphatic carbocycles. The summed E-state index contributed by atoms with van der Waals surface area (Å²) in [5.41, 5.74) is 0. The largest absolute Gasteiger partial charge is 0.352 e. The summed E-state index contributed by atoms with van der Waals surface area (Å²) in [7, 11) is 0. The lowest BCUT2D eigenvalue weighted by atomic mass is 9.93. The van der Waals surface area contributed by atoms with Gasteiger partial charge in [0.05, 0.1) is 6.54 Å². The SMILES string of the molecule is Cl.O=C(CCC1CCNCC1)NCC(=O)NC1CC1. The Morgan fingerprint density at radius 3 is 2.37 bits per heavy atom. The molecule has 0 spiro atoms. The fourth-order valence-corrected chi connectivity index (χ4v) is 2.28. The van der Waals surface area contributed by atoms with Crippen molar-refractivity contribution in [3.63, 3.8) is 0 Å². The number of carbonyl (C=O) groups excluding carboxylic acids is 2. The van der Waals surface area contributed by atoms with E-state index in [1.165, 1.54) is 0 Å². The van der Waals surface area contributed by atoms with Crippen LogP contribution in [0.1, 0.15) is 38.5 Å². The maximum Gasteiger partial charge on any atom is 0.239 e. The van der Waals surface area contributed by atoms with E-state index in [9.17, 15) is 9.59 Å². The molecule has 3 N–H and O–H groups in total. The van der Waals surface area contributed by atoms with Gasteiger partial charge in [-0.1, -0.05) is 0 Å². The van der Waals surface area contributed by atoms with Crippen LogP contribution in [0.3, 0.4) is 0 Å². The predicted molar refractivity (Wildman–Crippen MR) is 76.3 cm³/mol. The maximum absolute atomic E-state index is 11.6. The van der Waals surface area contributed by atoms with Crippen LogP contribution in [0.2, 0.25) is 0 Å². The van der Waals surface area contributed by atoms with E-state index in [-0.39, 0.29) is 30.8 Å². The average molecular weight is 290 g/mol. The van der Waals surface area contributed by atoms with Gasteiger partial charge >= 0.3 is 0 Å². The van der Waals surface area contributed by atoms with Gasteiger partial charge in [0.25, 0.3) is 0 Å². The summed E-state index contributed by atoms with van der Waals surface area (Å²) in [5.74, 6) is 0.601. The van der Waals surface area contributed by atoms with Gasteiger partial charge in [-0.2, -0.15) is 0 Å². The number of nitrogens with one attached hydrogen (secondary N) is 3. The van der Waals surface area contributed by atoms with Crippen molar-refractivity contribution in [1.29, 1.82) is 0 Å². The zero-order chi connectivity index (χ0) is 12.8. The van der Waals surface area contributed by atoms with Crippen molar-refractivity contribution in [1.82, 2.24) is 16.0 Å². The van der Waals surface area contributed by atoms with Gasteiger partial charge in [0.1, 0.15) is 0 Å². The number of hydrogen-bond acceptors (Lipinski definition) is 3. The normalized spacial score (nSPS) is 19.4. The molecule has 1 heterocycles. The highest BCUT2D eigenvalue weighted by molar-refractivity contribution is 5.85. The van der Waals surface area contributed by atoms with Crippen molar-refractivity contribution in [2.75, 3.05) is 19.6 Å². The Balaban J connectivity index is 0.00000180. The minimum Gasteiger partial charge on any atom is -0.352 e. The highest BCUT2D eigenvalue weighted by atomic mass is 35.5. The molecular formula is C13H24ClN3O2. The summed E-state index contributed by atoms with van der Waals surface area (Å²) < 4.78 is 0. The molecule has 1 saturated heterocycles. The Hall–Kier alpha value is -0.810. The van der Waals surface area contributed by atoms with Crippen molar-refractivity contribution in [2.45, 2.75) is 44.6 Å². The molecule has 0 unspecified atom stereocenters. The standard InChI is InChI=1S/C13H23N3O2.ClH/c17-12(4-1-10-5-7-14-8-6-10)15-9-13(18)16-11-2-3-11;/h10-11,14H,1-9H2,(H,15,17)(H,16,18);1H. The Kier molecular flexibility index (Phi) is 7.16. The van der Waals surface area contributed by atoms with Crippen molar-refractivity contribution in [3.05, 3.63) is 0 Å². The Morgan fingerprint density at radius 2 is 1.74 bits per heavy atom. The molecule has 2 rings (SSSR count). The van der Waals surface area contributed by atoms with Gasteiger partial charge in [-0.15, -0.1) is 12.4 Å². The van der Waals surface area contributed by atoms with Crippen molar-refractivity contribution < 1.29 is 9.59 Å². The van der Waals surface area contributed by atoms with E-state index in [1.807, 2.05) is 0 Å². The van der Waals surface area contributed by atoms with E-state index in [0.717, 1.165) is 45.2 Å². The van der Waals surface area contributed by atoms with Gasteiger partial charge in [0, 0.05) is 12.5 Å². The van der Waals surface area contributed by atoms with Crippen LogP contribution in [0.15, 0.2) is 0 Å². The molecule has 0 aromatic rings. The lowest BCUT2D eigenvalue weighted by Crippen LogP contribution is -2.38. The van der Waals surface area contributed by atoms with Crippen molar-refractivity contribution in [2.24, 2.45) is 5.92 Å². The number of carbonyl (C=O) groups is 2. The number of halogens is 1. The molecular weight excluding hydrogens is 266 g/mol. The second-order valence-corrected chi connectivity index (χ2v) is 5.35. The molecule has 6 heteroatoms. The molecule has 0 bridgehead atoms. The fourth-order valence-electron chi connectivity index (χ4n) is 2.28. The molecule has 0 aromatic carbocycles. The first-order valence-electron chi connectivity index (χ1n) is 7.01. The van der Waals surface area contributed by atoms with Gasteiger partial charge in [0.2, 0.25) is 11.8 Å². The van der Waals surface area contributed by atoms with Crippen LogP contribution in [0.25, 0.3) is 0 Å². The molecule has 1 aliphatic heterocycles. The average Bonchev–Trinajstić information content (AvgIpc) is 3.19. The second kappa shape index (κ2) is 8.38. The lowest BCUT2D eigenvalue weighted by Gasteiger charge is -2.22. The molecule has 2 fully saturated rings. The Morgan fingerprint density at radius 1 is 1.05 bits per heavy atom. The minimum absolute atomic E-state index is 0. The van der Waals surface area contributed by atoms with Crippen LogP contribution in [-0.4, -0.2) is 37.5 Å². The number of hydrogen-bond donors (Lipinski definition) is 3. The Bertz CT molecular complexity index is 302. The van der Waals surface area contributed by atoms with Gasteiger partial charge in [0.15, 0.2) is 0 Å². The summed E-state index contributed by atoms with van der Waals surface area (Å²) in [5, 5.41) is 8.85. The van der Waals surface area contributed by atoms with E-state index >= 15 is 0 Å². The Labute approximate surface area is 120 Å². The molecule has 0 aromatic heterocycles. The summed E-state index contributed by atoms with van der Waals surface area (Å²) in [4.78, 5) is 23.0. The third-order valence-electron chi connectivity index (χ3n) is 3.63. The molecule has 0 radical (unpaired) electrons. The number of piperidine rings is 1. The first kappa shape index (κ1) is 16.2. The zero-order valence-electron chi connectivity index (χ0n) is 11.2. The van der Waals surface area contributed by atoms with E-state index in [0.29, 0.717) is 18.4 Å². The van der Waals surface area contributed by atoms with Crippen LogP contribution in [0, 0.1) is 5.92 Å². The third kappa shape index (κ3) is 6.78. The third-order valence-corrected chi connectivity index (χ3v) is 3.63. The molecule has 5 nitrogen and oxygen atoms in total. The first-order valence-corrected chi connectivity index (χ1v) is 7.01. The van der Waals surface area contributed by atoms with E-state index in [1.54, 1.807) is 0 Å². The van der Waals surface area contributed by atoms with Gasteiger partial charge < -0.3 is 16.0 Å². The highest BCUT2D eigenvalue weighted by Gasteiger charge is 2.23. The van der Waals surface area contributed by atoms with Crippen molar-refractivity contribution >= 4 is 24.2 Å². The molecule has 2 amide bonds. The van der Waals surface area contributed by atoms with E-state index in [4.69, 9.17) is 0 Å². The molecule has 2 aliphatic rings.